The number of hydrogen-bond donors (Lipinski definition) is 0. The van der Waals surface area contributed by atoms with Crippen molar-refractivity contribution < 1.29 is 4.42 Å². The molecule has 2 heteroatoms. The Labute approximate surface area is 267 Å². The SMILES string of the molecule is c1ccc(-c2ccc(N(c3ccc(-c4ccccc4)cc3)c3ccc4oc5ccc6ccc7ccccc7c6c5c4c3)cc2)cc1. The van der Waals surface area contributed by atoms with Gasteiger partial charge in [0.25, 0.3) is 0 Å². The second-order valence-corrected chi connectivity index (χ2v) is 11.8. The van der Waals surface area contributed by atoms with Crippen molar-refractivity contribution in [2.24, 2.45) is 0 Å². The molecular weight excluding hydrogens is 558 g/mol. The molecular formula is C44H29NO. The van der Waals surface area contributed by atoms with Crippen molar-refractivity contribution in [1.82, 2.24) is 0 Å². The maximum Gasteiger partial charge on any atom is 0.136 e. The number of anilines is 3. The van der Waals surface area contributed by atoms with Crippen LogP contribution in [0.4, 0.5) is 17.1 Å². The molecule has 0 aliphatic carbocycles. The van der Waals surface area contributed by atoms with Gasteiger partial charge in [-0.05, 0) is 86.9 Å². The molecule has 1 heterocycles. The van der Waals surface area contributed by atoms with Gasteiger partial charge in [0, 0.05) is 33.2 Å². The zero-order chi connectivity index (χ0) is 30.5. The molecule has 1 aromatic heterocycles. The molecule has 0 fully saturated rings. The summed E-state index contributed by atoms with van der Waals surface area (Å²) < 4.78 is 6.47. The van der Waals surface area contributed by atoms with Gasteiger partial charge >= 0.3 is 0 Å². The average molecular weight is 588 g/mol. The molecule has 0 amide bonds. The van der Waals surface area contributed by atoms with Gasteiger partial charge < -0.3 is 9.32 Å². The van der Waals surface area contributed by atoms with Crippen LogP contribution in [0.3, 0.4) is 0 Å². The van der Waals surface area contributed by atoms with E-state index < -0.39 is 0 Å². The fourth-order valence-electron chi connectivity index (χ4n) is 6.80. The normalized spacial score (nSPS) is 11.5. The second kappa shape index (κ2) is 10.8. The van der Waals surface area contributed by atoms with E-state index >= 15 is 0 Å². The Morgan fingerprint density at radius 3 is 1.48 bits per heavy atom. The zero-order valence-corrected chi connectivity index (χ0v) is 25.1. The Hall–Kier alpha value is -6.12. The number of nitrogens with zero attached hydrogens (tertiary/aromatic N) is 1. The van der Waals surface area contributed by atoms with Gasteiger partial charge in [-0.25, -0.2) is 0 Å². The molecule has 0 spiro atoms. The van der Waals surface area contributed by atoms with Crippen LogP contribution in [-0.2, 0) is 0 Å². The van der Waals surface area contributed by atoms with Crippen LogP contribution < -0.4 is 4.90 Å². The van der Waals surface area contributed by atoms with Crippen molar-refractivity contribution in [1.29, 1.82) is 0 Å². The van der Waals surface area contributed by atoms with Gasteiger partial charge in [0.2, 0.25) is 0 Å². The molecule has 0 bridgehead atoms. The molecule has 9 rings (SSSR count). The highest BCUT2D eigenvalue weighted by atomic mass is 16.3. The van der Waals surface area contributed by atoms with Crippen molar-refractivity contribution in [2.45, 2.75) is 0 Å². The van der Waals surface area contributed by atoms with E-state index in [-0.39, 0.29) is 0 Å². The smallest absolute Gasteiger partial charge is 0.136 e. The number of rotatable bonds is 5. The van der Waals surface area contributed by atoms with Crippen molar-refractivity contribution in [3.05, 3.63) is 176 Å². The molecule has 0 saturated carbocycles. The number of benzene rings is 8. The minimum atomic E-state index is 0.887. The van der Waals surface area contributed by atoms with E-state index in [1.807, 2.05) is 0 Å². The molecule has 0 unspecified atom stereocenters. The zero-order valence-electron chi connectivity index (χ0n) is 25.1. The van der Waals surface area contributed by atoms with E-state index in [2.05, 4.69) is 181 Å². The van der Waals surface area contributed by atoms with Crippen LogP contribution in [0.1, 0.15) is 0 Å². The van der Waals surface area contributed by atoms with Gasteiger partial charge in [0.05, 0.1) is 0 Å². The first-order chi connectivity index (χ1) is 22.8. The van der Waals surface area contributed by atoms with Crippen molar-refractivity contribution >= 4 is 60.5 Å². The lowest BCUT2D eigenvalue weighted by Crippen LogP contribution is -2.09. The third kappa shape index (κ3) is 4.43. The molecule has 8 aromatic carbocycles. The molecule has 216 valence electrons. The van der Waals surface area contributed by atoms with E-state index in [1.165, 1.54) is 43.8 Å². The minimum absolute atomic E-state index is 0.887. The first kappa shape index (κ1) is 26.3. The molecule has 0 aliphatic heterocycles. The van der Waals surface area contributed by atoms with Crippen molar-refractivity contribution in [2.75, 3.05) is 4.90 Å². The van der Waals surface area contributed by atoms with Crippen LogP contribution in [-0.4, -0.2) is 0 Å². The Balaban J connectivity index is 1.24. The first-order valence-corrected chi connectivity index (χ1v) is 15.7. The van der Waals surface area contributed by atoms with Crippen LogP contribution in [0, 0.1) is 0 Å². The quantitative estimate of drug-likeness (QED) is 0.186. The maximum atomic E-state index is 6.47. The topological polar surface area (TPSA) is 16.4 Å². The van der Waals surface area contributed by atoms with Gasteiger partial charge in [-0.3, -0.25) is 0 Å². The van der Waals surface area contributed by atoms with E-state index in [9.17, 15) is 0 Å². The van der Waals surface area contributed by atoms with E-state index in [0.29, 0.717) is 0 Å². The summed E-state index contributed by atoms with van der Waals surface area (Å²) in [4.78, 5) is 2.34. The Morgan fingerprint density at radius 1 is 0.326 bits per heavy atom. The highest BCUT2D eigenvalue weighted by Crippen LogP contribution is 2.42. The minimum Gasteiger partial charge on any atom is -0.456 e. The highest BCUT2D eigenvalue weighted by molar-refractivity contribution is 6.26. The molecule has 0 saturated heterocycles. The van der Waals surface area contributed by atoms with Gasteiger partial charge in [-0.2, -0.15) is 0 Å². The van der Waals surface area contributed by atoms with E-state index in [1.54, 1.807) is 0 Å². The van der Waals surface area contributed by atoms with Crippen molar-refractivity contribution in [3.63, 3.8) is 0 Å². The molecule has 46 heavy (non-hydrogen) atoms. The largest absolute Gasteiger partial charge is 0.456 e. The summed E-state index contributed by atoms with van der Waals surface area (Å²) in [5.41, 5.74) is 9.85. The predicted octanol–water partition coefficient (Wildman–Crippen LogP) is 12.7. The Morgan fingerprint density at radius 2 is 0.826 bits per heavy atom. The number of furan rings is 1. The van der Waals surface area contributed by atoms with Gasteiger partial charge in [-0.1, -0.05) is 127 Å². The molecule has 0 atom stereocenters. The molecule has 0 radical (unpaired) electrons. The summed E-state index contributed by atoms with van der Waals surface area (Å²) in [7, 11) is 0. The van der Waals surface area contributed by atoms with Crippen LogP contribution in [0.2, 0.25) is 0 Å². The molecule has 2 nitrogen and oxygen atoms in total. The van der Waals surface area contributed by atoms with Crippen LogP contribution >= 0.6 is 0 Å². The first-order valence-electron chi connectivity index (χ1n) is 15.7. The summed E-state index contributed by atoms with van der Waals surface area (Å²) in [5.74, 6) is 0. The summed E-state index contributed by atoms with van der Waals surface area (Å²) in [6.45, 7) is 0. The standard InChI is InChI=1S/C44H29NO/c1-3-9-30(10-4-1)32-17-22-36(23-18-32)45(37-24-19-33(20-25-37)31-11-5-2-6-12-31)38-26-28-41-40(29-38)44-42(46-41)27-21-35-16-15-34-13-7-8-14-39(34)43(35)44/h1-29H. The Bertz CT molecular complexity index is 2410. The summed E-state index contributed by atoms with van der Waals surface area (Å²) in [5, 5.41) is 7.18. The lowest BCUT2D eigenvalue weighted by molar-refractivity contribution is 0.669. The summed E-state index contributed by atoms with van der Waals surface area (Å²) in [6.07, 6.45) is 0. The van der Waals surface area contributed by atoms with Crippen molar-refractivity contribution in [3.8, 4) is 22.3 Å². The molecule has 0 aliphatic rings. The summed E-state index contributed by atoms with van der Waals surface area (Å²) >= 11 is 0. The fourth-order valence-corrected chi connectivity index (χ4v) is 6.80. The van der Waals surface area contributed by atoms with Crippen LogP contribution in [0.25, 0.3) is 65.7 Å². The predicted molar refractivity (Wildman–Crippen MR) is 194 cm³/mol. The number of fused-ring (bicyclic) bond motifs is 7. The Kier molecular flexibility index (Phi) is 6.17. The van der Waals surface area contributed by atoms with E-state index in [4.69, 9.17) is 4.42 Å². The maximum absolute atomic E-state index is 6.47. The average Bonchev–Trinajstić information content (AvgIpc) is 3.51. The van der Waals surface area contributed by atoms with Crippen LogP contribution in [0.5, 0.6) is 0 Å². The lowest BCUT2D eigenvalue weighted by atomic mass is 9.97. The van der Waals surface area contributed by atoms with Gasteiger partial charge in [0.1, 0.15) is 11.2 Å². The van der Waals surface area contributed by atoms with Gasteiger partial charge in [0.15, 0.2) is 0 Å². The summed E-state index contributed by atoms with van der Waals surface area (Å²) in [6, 6.07) is 62.7. The third-order valence-electron chi connectivity index (χ3n) is 9.05. The third-order valence-corrected chi connectivity index (χ3v) is 9.05. The van der Waals surface area contributed by atoms with Gasteiger partial charge in [-0.15, -0.1) is 0 Å². The monoisotopic (exact) mass is 587 g/mol. The molecule has 9 aromatic rings. The number of hydrogen-bond acceptors (Lipinski definition) is 2. The highest BCUT2D eigenvalue weighted by Gasteiger charge is 2.18. The van der Waals surface area contributed by atoms with Crippen LogP contribution in [0.15, 0.2) is 180 Å². The van der Waals surface area contributed by atoms with E-state index in [0.717, 1.165) is 39.0 Å². The second-order valence-electron chi connectivity index (χ2n) is 11.8. The molecule has 0 N–H and O–H groups in total. The fraction of sp³-hybridized carbons (Fsp3) is 0. The lowest BCUT2D eigenvalue weighted by Gasteiger charge is -2.26.